The van der Waals surface area contributed by atoms with E-state index in [4.69, 9.17) is 31.1 Å². The summed E-state index contributed by atoms with van der Waals surface area (Å²) in [6.45, 7) is 1.34. The lowest BCUT2D eigenvalue weighted by Gasteiger charge is -2.09. The Morgan fingerprint density at radius 1 is 1.16 bits per heavy atom. The van der Waals surface area contributed by atoms with Crippen LogP contribution in [0.1, 0.15) is 28.8 Å². The normalized spacial score (nSPS) is 16.6. The van der Waals surface area contributed by atoms with Crippen LogP contribution in [0.3, 0.4) is 0 Å². The lowest BCUT2D eigenvalue weighted by molar-refractivity contribution is 0.174. The topological polar surface area (TPSA) is 79.3 Å². The second kappa shape index (κ2) is 7.58. The average molecular weight is 447 g/mol. The largest absolute Gasteiger partial charge is 0.474 e. The molecule has 0 radical (unpaired) electrons. The molecule has 0 saturated carbocycles. The van der Waals surface area contributed by atoms with Gasteiger partial charge in [-0.3, -0.25) is 4.57 Å². The molecular weight excluding hydrogens is 428 g/mol. The standard InChI is InChI=1S/C23H19ClN6O2/c1-31-12-20-27-28-22-16-9-15(24)7-8-18(16)30-13-25-21(19(30)10-29(20)22)23-26-17(11-32-23)14-5-3-2-4-6-14/h2-9,13,17H,10-12H2,1H3/t17-/m0/s1. The predicted octanol–water partition coefficient (Wildman–Crippen LogP) is 3.81. The molecule has 0 N–H and O–H groups in total. The van der Waals surface area contributed by atoms with Crippen molar-refractivity contribution in [2.24, 2.45) is 4.99 Å². The van der Waals surface area contributed by atoms with Crippen molar-refractivity contribution in [3.63, 3.8) is 0 Å². The Morgan fingerprint density at radius 2 is 2.03 bits per heavy atom. The fraction of sp³-hybridized carbons (Fsp3) is 0.217. The molecule has 2 aromatic carbocycles. The van der Waals surface area contributed by atoms with Crippen molar-refractivity contribution >= 4 is 17.5 Å². The maximum Gasteiger partial charge on any atom is 0.238 e. The summed E-state index contributed by atoms with van der Waals surface area (Å²) in [5, 5.41) is 9.42. The quantitative estimate of drug-likeness (QED) is 0.419. The Bertz CT molecular complexity index is 1340. The van der Waals surface area contributed by atoms with E-state index in [-0.39, 0.29) is 6.04 Å². The van der Waals surface area contributed by atoms with Gasteiger partial charge in [0.2, 0.25) is 5.90 Å². The number of benzene rings is 2. The van der Waals surface area contributed by atoms with E-state index >= 15 is 0 Å². The number of fused-ring (bicyclic) bond motifs is 5. The van der Waals surface area contributed by atoms with Crippen LogP contribution in [0.2, 0.25) is 5.02 Å². The molecule has 0 spiro atoms. The minimum atomic E-state index is -0.0463. The van der Waals surface area contributed by atoms with Gasteiger partial charge >= 0.3 is 0 Å². The third-order valence-electron chi connectivity index (χ3n) is 5.77. The number of hydrogen-bond acceptors (Lipinski definition) is 6. The molecule has 0 saturated heterocycles. The van der Waals surface area contributed by atoms with Gasteiger partial charge in [-0.25, -0.2) is 9.98 Å². The first-order chi connectivity index (χ1) is 15.7. The smallest absolute Gasteiger partial charge is 0.238 e. The van der Waals surface area contributed by atoms with Crippen molar-refractivity contribution in [1.82, 2.24) is 24.3 Å². The lowest BCUT2D eigenvalue weighted by atomic mass is 10.1. The van der Waals surface area contributed by atoms with Gasteiger partial charge in [-0.1, -0.05) is 41.9 Å². The molecule has 0 aliphatic carbocycles. The van der Waals surface area contributed by atoms with Crippen LogP contribution in [0.5, 0.6) is 0 Å². The highest BCUT2D eigenvalue weighted by molar-refractivity contribution is 6.31. The number of rotatable bonds is 4. The number of hydrogen-bond donors (Lipinski definition) is 0. The van der Waals surface area contributed by atoms with E-state index in [1.807, 2.05) is 45.5 Å². The van der Waals surface area contributed by atoms with Gasteiger partial charge < -0.3 is 14.0 Å². The minimum Gasteiger partial charge on any atom is -0.474 e. The number of aliphatic imine (C=N–C) groups is 1. The number of halogens is 1. The number of nitrogens with zero attached hydrogens (tertiary/aromatic N) is 6. The van der Waals surface area contributed by atoms with E-state index < -0.39 is 0 Å². The Balaban J connectivity index is 1.49. The lowest BCUT2D eigenvalue weighted by Crippen LogP contribution is -2.13. The summed E-state index contributed by atoms with van der Waals surface area (Å²) in [5.41, 5.74) is 4.59. The van der Waals surface area contributed by atoms with E-state index in [0.29, 0.717) is 36.4 Å². The summed E-state index contributed by atoms with van der Waals surface area (Å²) in [4.78, 5) is 9.54. The van der Waals surface area contributed by atoms with Crippen LogP contribution in [0.4, 0.5) is 0 Å². The van der Waals surface area contributed by atoms with Gasteiger partial charge in [-0.2, -0.15) is 0 Å². The Kier molecular flexibility index (Phi) is 4.55. The summed E-state index contributed by atoms with van der Waals surface area (Å²) < 4.78 is 15.4. The van der Waals surface area contributed by atoms with Crippen LogP contribution in [0, 0.1) is 0 Å². The Hall–Kier alpha value is -3.49. The molecular formula is C23H19ClN6O2. The van der Waals surface area contributed by atoms with Gasteiger partial charge in [0.05, 0.1) is 17.9 Å². The van der Waals surface area contributed by atoms with E-state index in [0.717, 1.165) is 34.2 Å². The molecule has 0 fully saturated rings. The van der Waals surface area contributed by atoms with Gasteiger partial charge in [-0.05, 0) is 23.8 Å². The first-order valence-electron chi connectivity index (χ1n) is 10.3. The van der Waals surface area contributed by atoms with E-state index in [2.05, 4.69) is 22.3 Å². The molecule has 32 heavy (non-hydrogen) atoms. The molecule has 160 valence electrons. The first-order valence-corrected chi connectivity index (χ1v) is 10.6. The molecule has 1 atom stereocenters. The highest BCUT2D eigenvalue weighted by Crippen LogP contribution is 2.35. The van der Waals surface area contributed by atoms with Crippen LogP contribution in [-0.2, 0) is 22.6 Å². The molecule has 0 amide bonds. The maximum absolute atomic E-state index is 6.33. The van der Waals surface area contributed by atoms with Crippen molar-refractivity contribution in [2.75, 3.05) is 13.7 Å². The summed E-state index contributed by atoms with van der Waals surface area (Å²) >= 11 is 6.33. The molecule has 4 heterocycles. The fourth-order valence-electron chi connectivity index (χ4n) is 4.24. The zero-order valence-electron chi connectivity index (χ0n) is 17.3. The monoisotopic (exact) mass is 446 g/mol. The molecule has 0 bridgehead atoms. The van der Waals surface area contributed by atoms with Crippen molar-refractivity contribution < 1.29 is 9.47 Å². The van der Waals surface area contributed by atoms with Gasteiger partial charge in [-0.15, -0.1) is 10.2 Å². The van der Waals surface area contributed by atoms with Crippen LogP contribution in [-0.4, -0.2) is 43.9 Å². The molecule has 9 heteroatoms. The van der Waals surface area contributed by atoms with Gasteiger partial charge in [0, 0.05) is 17.7 Å². The molecule has 6 rings (SSSR count). The highest BCUT2D eigenvalue weighted by atomic mass is 35.5. The maximum atomic E-state index is 6.33. The number of methoxy groups -OCH3 is 1. The average Bonchev–Trinajstić information content (AvgIpc) is 3.53. The van der Waals surface area contributed by atoms with Crippen LogP contribution >= 0.6 is 11.6 Å². The van der Waals surface area contributed by atoms with Crippen LogP contribution in [0.15, 0.2) is 59.9 Å². The molecule has 2 aromatic heterocycles. The molecule has 2 aliphatic rings. The van der Waals surface area contributed by atoms with Crippen LogP contribution < -0.4 is 0 Å². The third kappa shape index (κ3) is 3.03. The SMILES string of the molecule is COCc1nnc2n1Cc1c(C3=N[C@H](c4ccccc4)CO3)ncn1-c1ccc(Cl)cc1-2. The fourth-order valence-corrected chi connectivity index (χ4v) is 4.42. The Morgan fingerprint density at radius 3 is 2.88 bits per heavy atom. The molecule has 2 aliphatic heterocycles. The van der Waals surface area contributed by atoms with Crippen molar-refractivity contribution in [3.05, 3.63) is 82.7 Å². The van der Waals surface area contributed by atoms with E-state index in [1.54, 1.807) is 13.4 Å². The van der Waals surface area contributed by atoms with E-state index in [1.165, 1.54) is 0 Å². The number of aromatic nitrogens is 5. The highest BCUT2D eigenvalue weighted by Gasteiger charge is 2.30. The van der Waals surface area contributed by atoms with Gasteiger partial charge in [0.15, 0.2) is 11.6 Å². The minimum absolute atomic E-state index is 0.0463. The molecule has 8 nitrogen and oxygen atoms in total. The van der Waals surface area contributed by atoms with Gasteiger partial charge in [0.25, 0.3) is 0 Å². The zero-order chi connectivity index (χ0) is 21.7. The molecule has 0 unspecified atom stereocenters. The van der Waals surface area contributed by atoms with Gasteiger partial charge in [0.1, 0.15) is 31.3 Å². The van der Waals surface area contributed by atoms with E-state index in [9.17, 15) is 0 Å². The first kappa shape index (κ1) is 19.2. The summed E-state index contributed by atoms with van der Waals surface area (Å²) in [5.74, 6) is 2.01. The second-order valence-corrected chi connectivity index (χ2v) is 8.14. The third-order valence-corrected chi connectivity index (χ3v) is 6.01. The Labute approximate surface area is 189 Å². The van der Waals surface area contributed by atoms with Crippen molar-refractivity contribution in [3.8, 4) is 17.1 Å². The number of imidazole rings is 1. The summed E-state index contributed by atoms with van der Waals surface area (Å²) in [6, 6.07) is 15.8. The van der Waals surface area contributed by atoms with Crippen LogP contribution in [0.25, 0.3) is 17.1 Å². The number of ether oxygens (including phenoxy) is 2. The van der Waals surface area contributed by atoms with Crippen molar-refractivity contribution in [2.45, 2.75) is 19.2 Å². The summed E-state index contributed by atoms with van der Waals surface area (Å²) in [6.07, 6.45) is 1.80. The molecule has 4 aromatic rings. The van der Waals surface area contributed by atoms with Crippen molar-refractivity contribution in [1.29, 1.82) is 0 Å². The second-order valence-electron chi connectivity index (χ2n) is 7.70. The summed E-state index contributed by atoms with van der Waals surface area (Å²) in [7, 11) is 1.64. The predicted molar refractivity (Wildman–Crippen MR) is 119 cm³/mol. The zero-order valence-corrected chi connectivity index (χ0v) is 18.0.